The number of carbonyl (C=O) groups excluding carboxylic acids is 3. The van der Waals surface area contributed by atoms with Gasteiger partial charge in [-0.3, -0.25) is 14.4 Å². The van der Waals surface area contributed by atoms with Crippen molar-refractivity contribution in [1.29, 1.82) is 0 Å². The van der Waals surface area contributed by atoms with Crippen molar-refractivity contribution in [2.75, 3.05) is 40.0 Å². The zero-order valence-electron chi connectivity index (χ0n) is 14.8. The molecule has 0 N–H and O–H groups in total. The van der Waals surface area contributed by atoms with Gasteiger partial charge in [0.05, 0.1) is 31.1 Å². The van der Waals surface area contributed by atoms with Crippen molar-refractivity contribution in [2.24, 2.45) is 11.8 Å². The highest BCUT2D eigenvalue weighted by Crippen LogP contribution is 2.25. The molecule has 0 aromatic heterocycles. The maximum atomic E-state index is 12.7. The molecule has 0 bridgehead atoms. The van der Waals surface area contributed by atoms with Crippen LogP contribution in [0.4, 0.5) is 0 Å². The number of methoxy groups -OCH3 is 1. The summed E-state index contributed by atoms with van der Waals surface area (Å²) >= 11 is 0. The van der Waals surface area contributed by atoms with Crippen molar-refractivity contribution in [1.82, 2.24) is 9.80 Å². The molecule has 0 aromatic rings. The molecule has 0 aromatic carbocycles. The highest BCUT2D eigenvalue weighted by molar-refractivity contribution is 5.89. The van der Waals surface area contributed by atoms with Crippen LogP contribution in [0.3, 0.4) is 0 Å². The molecule has 2 amide bonds. The zero-order chi connectivity index (χ0) is 17.7. The van der Waals surface area contributed by atoms with Gasteiger partial charge in [0.15, 0.2) is 0 Å². The van der Waals surface area contributed by atoms with Crippen LogP contribution >= 0.6 is 0 Å². The molecular formula is C17H28N2O5. The third-order valence-electron chi connectivity index (χ3n) is 4.87. The zero-order valence-corrected chi connectivity index (χ0v) is 14.8. The number of piperidine rings is 1. The van der Waals surface area contributed by atoms with Crippen LogP contribution in [-0.2, 0) is 23.9 Å². The van der Waals surface area contributed by atoms with Crippen LogP contribution in [-0.4, -0.2) is 73.6 Å². The molecule has 24 heavy (non-hydrogen) atoms. The second kappa shape index (κ2) is 8.46. The van der Waals surface area contributed by atoms with E-state index in [1.165, 1.54) is 0 Å². The summed E-state index contributed by atoms with van der Waals surface area (Å²) in [5.74, 6) is -0.523. The Bertz CT molecular complexity index is 474. The summed E-state index contributed by atoms with van der Waals surface area (Å²) < 4.78 is 10.1. The maximum Gasteiger partial charge on any atom is 0.309 e. The molecule has 7 nitrogen and oxygen atoms in total. The van der Waals surface area contributed by atoms with Gasteiger partial charge in [-0.05, 0) is 26.7 Å². The van der Waals surface area contributed by atoms with Gasteiger partial charge in [0.25, 0.3) is 0 Å². The fourth-order valence-electron chi connectivity index (χ4n) is 3.51. The van der Waals surface area contributed by atoms with Crippen LogP contribution in [0, 0.1) is 11.8 Å². The standard InChI is InChI=1S/C17H28N2O5/c1-4-24-17(22)13-5-7-18(8-6-13)16(21)14-9-15(20)19(10-14)12(2)11-23-3/h12-14H,4-11H2,1-3H3/t12-,14+/m0/s1. The average Bonchev–Trinajstić information content (AvgIpc) is 2.96. The van der Waals surface area contributed by atoms with Gasteiger partial charge in [-0.1, -0.05) is 0 Å². The average molecular weight is 340 g/mol. The minimum atomic E-state index is -0.282. The topological polar surface area (TPSA) is 76.2 Å². The third-order valence-corrected chi connectivity index (χ3v) is 4.87. The monoisotopic (exact) mass is 340 g/mol. The Kier molecular flexibility index (Phi) is 6.60. The van der Waals surface area contributed by atoms with E-state index in [-0.39, 0.29) is 42.1 Å². The van der Waals surface area contributed by atoms with Crippen molar-refractivity contribution < 1.29 is 23.9 Å². The van der Waals surface area contributed by atoms with Gasteiger partial charge in [-0.2, -0.15) is 0 Å². The van der Waals surface area contributed by atoms with Crippen molar-refractivity contribution in [3.63, 3.8) is 0 Å². The first-order chi connectivity index (χ1) is 11.5. The predicted octanol–water partition coefficient (Wildman–Crippen LogP) is 0.672. The molecule has 136 valence electrons. The number of hydrogen-bond acceptors (Lipinski definition) is 5. The summed E-state index contributed by atoms with van der Waals surface area (Å²) in [5, 5.41) is 0. The van der Waals surface area contributed by atoms with E-state index in [0.29, 0.717) is 45.7 Å². The van der Waals surface area contributed by atoms with Crippen molar-refractivity contribution in [3.8, 4) is 0 Å². The SMILES string of the molecule is CCOC(=O)C1CCN(C(=O)[C@@H]2CC(=O)N([C@@H](C)COC)C2)CC1. The van der Waals surface area contributed by atoms with E-state index >= 15 is 0 Å². The molecule has 2 heterocycles. The minimum absolute atomic E-state index is 0.0132. The molecule has 0 unspecified atom stereocenters. The fourth-order valence-corrected chi connectivity index (χ4v) is 3.51. The number of rotatable bonds is 6. The normalized spacial score (nSPS) is 23.5. The van der Waals surface area contributed by atoms with E-state index in [2.05, 4.69) is 0 Å². The van der Waals surface area contributed by atoms with Crippen molar-refractivity contribution >= 4 is 17.8 Å². The number of esters is 1. The Hall–Kier alpha value is -1.63. The van der Waals surface area contributed by atoms with Crippen molar-refractivity contribution in [2.45, 2.75) is 39.2 Å². The summed E-state index contributed by atoms with van der Waals surface area (Å²) in [6.07, 6.45) is 1.54. The second-order valence-corrected chi connectivity index (χ2v) is 6.60. The Labute approximate surface area is 143 Å². The van der Waals surface area contributed by atoms with Crippen molar-refractivity contribution in [3.05, 3.63) is 0 Å². The number of ether oxygens (including phenoxy) is 2. The quantitative estimate of drug-likeness (QED) is 0.664. The first kappa shape index (κ1) is 18.7. The van der Waals surface area contributed by atoms with Crippen LogP contribution in [0.5, 0.6) is 0 Å². The molecule has 2 saturated heterocycles. The Balaban J connectivity index is 1.85. The van der Waals surface area contributed by atoms with Gasteiger partial charge in [0.1, 0.15) is 0 Å². The molecule has 0 saturated carbocycles. The largest absolute Gasteiger partial charge is 0.466 e. The smallest absolute Gasteiger partial charge is 0.309 e. The maximum absolute atomic E-state index is 12.7. The molecule has 2 rings (SSSR count). The molecule has 7 heteroatoms. The van der Waals surface area contributed by atoms with E-state index in [0.717, 1.165) is 0 Å². The molecule has 2 aliphatic heterocycles. The van der Waals surface area contributed by atoms with Crippen LogP contribution in [0.15, 0.2) is 0 Å². The summed E-state index contributed by atoms with van der Waals surface area (Å²) in [4.78, 5) is 40.1. The van der Waals surface area contributed by atoms with Crippen LogP contribution in [0.25, 0.3) is 0 Å². The van der Waals surface area contributed by atoms with Gasteiger partial charge in [-0.25, -0.2) is 0 Å². The molecular weight excluding hydrogens is 312 g/mol. The minimum Gasteiger partial charge on any atom is -0.466 e. The number of carbonyl (C=O) groups is 3. The number of amides is 2. The third kappa shape index (κ3) is 4.26. The molecule has 2 aliphatic rings. The molecule has 0 spiro atoms. The predicted molar refractivity (Wildman–Crippen MR) is 87.1 cm³/mol. The van der Waals surface area contributed by atoms with E-state index < -0.39 is 0 Å². The summed E-state index contributed by atoms with van der Waals surface area (Å²) in [5.41, 5.74) is 0. The highest BCUT2D eigenvalue weighted by Gasteiger charge is 2.39. The number of hydrogen-bond donors (Lipinski definition) is 0. The van der Waals surface area contributed by atoms with E-state index in [9.17, 15) is 14.4 Å². The Morgan fingerprint density at radius 2 is 1.92 bits per heavy atom. The van der Waals surface area contributed by atoms with E-state index in [1.807, 2.05) is 6.92 Å². The van der Waals surface area contributed by atoms with Gasteiger partial charge in [-0.15, -0.1) is 0 Å². The molecule has 0 aliphatic carbocycles. The van der Waals surface area contributed by atoms with Gasteiger partial charge < -0.3 is 19.3 Å². The van der Waals surface area contributed by atoms with Gasteiger partial charge in [0.2, 0.25) is 11.8 Å². The lowest BCUT2D eigenvalue weighted by molar-refractivity contribution is -0.151. The summed E-state index contributed by atoms with van der Waals surface area (Å²) in [7, 11) is 1.60. The first-order valence-corrected chi connectivity index (χ1v) is 8.71. The fraction of sp³-hybridized carbons (Fsp3) is 0.824. The Morgan fingerprint density at radius 3 is 2.50 bits per heavy atom. The molecule has 2 atom stereocenters. The van der Waals surface area contributed by atoms with Gasteiger partial charge >= 0.3 is 5.97 Å². The second-order valence-electron chi connectivity index (χ2n) is 6.60. The first-order valence-electron chi connectivity index (χ1n) is 8.71. The molecule has 2 fully saturated rings. The lowest BCUT2D eigenvalue weighted by atomic mass is 9.95. The number of likely N-dealkylation sites (tertiary alicyclic amines) is 2. The van der Waals surface area contributed by atoms with Gasteiger partial charge in [0, 0.05) is 33.2 Å². The molecule has 0 radical (unpaired) electrons. The van der Waals surface area contributed by atoms with E-state index in [1.54, 1.807) is 23.8 Å². The Morgan fingerprint density at radius 1 is 1.25 bits per heavy atom. The lowest BCUT2D eigenvalue weighted by Crippen LogP contribution is -2.44. The lowest BCUT2D eigenvalue weighted by Gasteiger charge is -2.32. The number of nitrogens with zero attached hydrogens (tertiary/aromatic N) is 2. The van der Waals surface area contributed by atoms with Crippen LogP contribution in [0.1, 0.15) is 33.1 Å². The van der Waals surface area contributed by atoms with Crippen LogP contribution < -0.4 is 0 Å². The van der Waals surface area contributed by atoms with Crippen LogP contribution in [0.2, 0.25) is 0 Å². The summed E-state index contributed by atoms with van der Waals surface area (Å²) in [6.45, 7) is 6.15. The summed E-state index contributed by atoms with van der Waals surface area (Å²) in [6, 6.07) is -0.0187. The highest BCUT2D eigenvalue weighted by atomic mass is 16.5. The van der Waals surface area contributed by atoms with E-state index in [4.69, 9.17) is 9.47 Å².